The standard InChI is InChI=1S/C21H35BN2O3/c1-20(2)21(3,4)27-22(26-20)17-9-11-19(12-10-17)25-15-14-23(5)16-18-8-7-13-24(18)6/h9-12,18H,7-8,13-16H2,1-6H3. The Bertz CT molecular complexity index is 604. The minimum atomic E-state index is -0.321. The van der Waals surface area contributed by atoms with Gasteiger partial charge in [-0.05, 0) is 78.8 Å². The second kappa shape index (κ2) is 8.12. The molecule has 0 radical (unpaired) electrons. The Kier molecular flexibility index (Phi) is 6.21. The van der Waals surface area contributed by atoms with Crippen molar-refractivity contribution in [2.45, 2.75) is 57.8 Å². The Morgan fingerprint density at radius 2 is 1.78 bits per heavy atom. The highest BCUT2D eigenvalue weighted by Gasteiger charge is 2.51. The van der Waals surface area contributed by atoms with Crippen LogP contribution in [0.2, 0.25) is 0 Å². The van der Waals surface area contributed by atoms with Crippen molar-refractivity contribution in [3.63, 3.8) is 0 Å². The van der Waals surface area contributed by atoms with Gasteiger partial charge in [0.2, 0.25) is 0 Å². The molecule has 0 saturated carbocycles. The molecule has 27 heavy (non-hydrogen) atoms. The molecule has 0 spiro atoms. The van der Waals surface area contributed by atoms with E-state index < -0.39 is 0 Å². The largest absolute Gasteiger partial charge is 0.494 e. The van der Waals surface area contributed by atoms with E-state index >= 15 is 0 Å². The Labute approximate surface area is 165 Å². The van der Waals surface area contributed by atoms with Crippen molar-refractivity contribution >= 4 is 12.6 Å². The van der Waals surface area contributed by atoms with Crippen LogP contribution in [0, 0.1) is 0 Å². The number of ether oxygens (including phenoxy) is 1. The second-order valence-corrected chi connectivity index (χ2v) is 9.04. The molecule has 0 amide bonds. The molecule has 3 rings (SSSR count). The number of hydrogen-bond acceptors (Lipinski definition) is 5. The quantitative estimate of drug-likeness (QED) is 0.685. The zero-order valence-corrected chi connectivity index (χ0v) is 17.8. The molecule has 0 aliphatic carbocycles. The first-order chi connectivity index (χ1) is 12.7. The number of nitrogens with zero attached hydrogens (tertiary/aromatic N) is 2. The summed E-state index contributed by atoms with van der Waals surface area (Å²) >= 11 is 0. The molecular formula is C21H35BN2O3. The number of hydrogen-bond donors (Lipinski definition) is 0. The average molecular weight is 374 g/mol. The van der Waals surface area contributed by atoms with Gasteiger partial charge in [0.25, 0.3) is 0 Å². The van der Waals surface area contributed by atoms with E-state index in [9.17, 15) is 0 Å². The third-order valence-corrected chi connectivity index (χ3v) is 6.34. The van der Waals surface area contributed by atoms with Gasteiger partial charge in [-0.15, -0.1) is 0 Å². The van der Waals surface area contributed by atoms with E-state index in [-0.39, 0.29) is 18.3 Å². The summed E-state index contributed by atoms with van der Waals surface area (Å²) in [4.78, 5) is 4.83. The van der Waals surface area contributed by atoms with Crippen LogP contribution in [0.1, 0.15) is 40.5 Å². The highest BCUT2D eigenvalue weighted by molar-refractivity contribution is 6.62. The van der Waals surface area contributed by atoms with E-state index in [2.05, 4.69) is 51.6 Å². The second-order valence-electron chi connectivity index (χ2n) is 9.04. The first kappa shape index (κ1) is 20.7. The monoisotopic (exact) mass is 374 g/mol. The molecule has 2 aliphatic heterocycles. The van der Waals surface area contributed by atoms with E-state index in [0.717, 1.165) is 24.3 Å². The lowest BCUT2D eigenvalue weighted by Crippen LogP contribution is -2.41. The van der Waals surface area contributed by atoms with Crippen LogP contribution in [0.15, 0.2) is 24.3 Å². The first-order valence-corrected chi connectivity index (χ1v) is 10.2. The smallest absolute Gasteiger partial charge is 0.492 e. The Hall–Kier alpha value is -1.08. The maximum Gasteiger partial charge on any atom is 0.494 e. The van der Waals surface area contributed by atoms with Crippen LogP contribution in [-0.2, 0) is 9.31 Å². The molecule has 2 heterocycles. The summed E-state index contributed by atoms with van der Waals surface area (Å²) in [7, 11) is 4.08. The summed E-state index contributed by atoms with van der Waals surface area (Å²) in [6.45, 7) is 12.3. The molecule has 2 saturated heterocycles. The average Bonchev–Trinajstić information content (AvgIpc) is 3.08. The van der Waals surface area contributed by atoms with Crippen molar-refractivity contribution in [1.29, 1.82) is 0 Å². The fourth-order valence-corrected chi connectivity index (χ4v) is 3.68. The van der Waals surface area contributed by atoms with Crippen molar-refractivity contribution in [3.05, 3.63) is 24.3 Å². The van der Waals surface area contributed by atoms with Gasteiger partial charge in [-0.2, -0.15) is 0 Å². The van der Waals surface area contributed by atoms with Crippen LogP contribution >= 0.6 is 0 Å². The van der Waals surface area contributed by atoms with Gasteiger partial charge in [-0.25, -0.2) is 0 Å². The number of likely N-dealkylation sites (N-methyl/N-ethyl adjacent to an activating group) is 2. The molecule has 0 aromatic heterocycles. The zero-order valence-electron chi connectivity index (χ0n) is 17.8. The third-order valence-electron chi connectivity index (χ3n) is 6.34. The highest BCUT2D eigenvalue weighted by atomic mass is 16.7. The lowest BCUT2D eigenvalue weighted by molar-refractivity contribution is 0.00578. The van der Waals surface area contributed by atoms with Gasteiger partial charge < -0.3 is 23.8 Å². The van der Waals surface area contributed by atoms with Crippen LogP contribution in [0.3, 0.4) is 0 Å². The minimum absolute atomic E-state index is 0.315. The van der Waals surface area contributed by atoms with E-state index in [1.54, 1.807) is 0 Å². The van der Waals surface area contributed by atoms with Gasteiger partial charge in [0, 0.05) is 19.1 Å². The molecule has 6 heteroatoms. The Morgan fingerprint density at radius 1 is 1.15 bits per heavy atom. The number of likely N-dealkylation sites (tertiary alicyclic amines) is 1. The van der Waals surface area contributed by atoms with Gasteiger partial charge >= 0.3 is 7.12 Å². The molecule has 0 N–H and O–H groups in total. The predicted molar refractivity (Wildman–Crippen MR) is 111 cm³/mol. The maximum absolute atomic E-state index is 6.10. The third kappa shape index (κ3) is 4.86. The van der Waals surface area contributed by atoms with E-state index in [0.29, 0.717) is 12.6 Å². The van der Waals surface area contributed by atoms with Crippen LogP contribution in [0.25, 0.3) is 0 Å². The van der Waals surface area contributed by atoms with Crippen molar-refractivity contribution in [3.8, 4) is 5.75 Å². The van der Waals surface area contributed by atoms with Crippen LogP contribution < -0.4 is 10.2 Å². The molecule has 0 bridgehead atoms. The van der Waals surface area contributed by atoms with Gasteiger partial charge in [0.15, 0.2) is 0 Å². The van der Waals surface area contributed by atoms with Gasteiger partial charge in [-0.1, -0.05) is 12.1 Å². The molecule has 1 aromatic rings. The SMILES string of the molecule is CN(CCOc1ccc(B2OC(C)(C)C(C)(C)O2)cc1)CC1CCCN1C. The normalized spacial score (nSPS) is 24.7. The minimum Gasteiger partial charge on any atom is -0.492 e. The van der Waals surface area contributed by atoms with Gasteiger partial charge in [0.1, 0.15) is 12.4 Å². The summed E-state index contributed by atoms with van der Waals surface area (Å²) in [5, 5.41) is 0. The highest BCUT2D eigenvalue weighted by Crippen LogP contribution is 2.36. The Morgan fingerprint density at radius 3 is 2.33 bits per heavy atom. The molecule has 1 aromatic carbocycles. The molecule has 2 fully saturated rings. The molecular weight excluding hydrogens is 339 g/mol. The molecule has 2 aliphatic rings. The fourth-order valence-electron chi connectivity index (χ4n) is 3.68. The van der Waals surface area contributed by atoms with Gasteiger partial charge in [-0.3, -0.25) is 0 Å². The number of benzene rings is 1. The maximum atomic E-state index is 6.10. The summed E-state index contributed by atoms with van der Waals surface area (Å²) in [6, 6.07) is 8.77. The first-order valence-electron chi connectivity index (χ1n) is 10.2. The number of rotatable bonds is 7. The van der Waals surface area contributed by atoms with E-state index in [1.165, 1.54) is 19.4 Å². The summed E-state index contributed by atoms with van der Waals surface area (Å²) in [5.74, 6) is 0.890. The lowest BCUT2D eigenvalue weighted by Gasteiger charge is -2.32. The topological polar surface area (TPSA) is 34.2 Å². The predicted octanol–water partition coefficient (Wildman–Crippen LogP) is 2.39. The molecule has 1 unspecified atom stereocenters. The van der Waals surface area contributed by atoms with Crippen molar-refractivity contribution in [1.82, 2.24) is 9.80 Å². The van der Waals surface area contributed by atoms with Crippen LogP contribution in [-0.4, -0.2) is 74.5 Å². The van der Waals surface area contributed by atoms with Gasteiger partial charge in [0.05, 0.1) is 11.2 Å². The van der Waals surface area contributed by atoms with Crippen LogP contribution in [0.4, 0.5) is 0 Å². The van der Waals surface area contributed by atoms with E-state index in [4.69, 9.17) is 14.0 Å². The van der Waals surface area contributed by atoms with Crippen molar-refractivity contribution in [2.24, 2.45) is 0 Å². The summed E-state index contributed by atoms with van der Waals surface area (Å²) in [5.41, 5.74) is 0.401. The lowest BCUT2D eigenvalue weighted by atomic mass is 9.79. The fraction of sp³-hybridized carbons (Fsp3) is 0.714. The van der Waals surface area contributed by atoms with Crippen molar-refractivity contribution < 1.29 is 14.0 Å². The van der Waals surface area contributed by atoms with Crippen molar-refractivity contribution in [2.75, 3.05) is 40.3 Å². The Balaban J connectivity index is 1.44. The van der Waals surface area contributed by atoms with Crippen LogP contribution in [0.5, 0.6) is 5.75 Å². The van der Waals surface area contributed by atoms with E-state index in [1.807, 2.05) is 24.3 Å². The molecule has 1 atom stereocenters. The molecule has 150 valence electrons. The summed E-state index contributed by atoms with van der Waals surface area (Å²) < 4.78 is 18.1. The summed E-state index contributed by atoms with van der Waals surface area (Å²) in [6.07, 6.45) is 2.63. The molecule has 5 nitrogen and oxygen atoms in total. The zero-order chi connectivity index (χ0) is 19.7.